The van der Waals surface area contributed by atoms with E-state index in [1.165, 1.54) is 24.3 Å². The molecule has 2 aromatic rings. The molecular formula is C21H24FNO5. The summed E-state index contributed by atoms with van der Waals surface area (Å²) in [4.78, 5) is 25.1. The Morgan fingerprint density at radius 2 is 1.82 bits per heavy atom. The molecule has 150 valence electrons. The van der Waals surface area contributed by atoms with Crippen molar-refractivity contribution >= 4 is 11.9 Å². The number of esters is 1. The molecule has 1 aromatic carbocycles. The molecule has 0 bridgehead atoms. The van der Waals surface area contributed by atoms with Crippen LogP contribution >= 0.6 is 0 Å². The van der Waals surface area contributed by atoms with Crippen LogP contribution in [0.4, 0.5) is 4.39 Å². The van der Waals surface area contributed by atoms with E-state index in [2.05, 4.69) is 5.32 Å². The monoisotopic (exact) mass is 389 g/mol. The Balaban J connectivity index is 1.63. The van der Waals surface area contributed by atoms with Gasteiger partial charge in [0.25, 0.3) is 5.91 Å². The first-order valence-corrected chi connectivity index (χ1v) is 9.49. The number of rotatable bonds is 7. The second-order valence-corrected chi connectivity index (χ2v) is 6.83. The average Bonchev–Trinajstić information content (AvgIpc) is 3.18. The van der Waals surface area contributed by atoms with Crippen LogP contribution in [0.15, 0.2) is 40.8 Å². The van der Waals surface area contributed by atoms with Crippen molar-refractivity contribution in [3.8, 4) is 5.75 Å². The number of carbonyl (C=O) groups excluding carboxylic acids is 2. The van der Waals surface area contributed by atoms with Gasteiger partial charge in [0.15, 0.2) is 5.76 Å². The third-order valence-corrected chi connectivity index (χ3v) is 4.81. The van der Waals surface area contributed by atoms with E-state index in [4.69, 9.17) is 13.9 Å². The molecule has 7 heteroatoms. The molecule has 0 saturated heterocycles. The van der Waals surface area contributed by atoms with Crippen molar-refractivity contribution in [3.05, 3.63) is 53.7 Å². The number of benzene rings is 1. The summed E-state index contributed by atoms with van der Waals surface area (Å²) in [5.41, 5.74) is -0.997. The van der Waals surface area contributed by atoms with Crippen LogP contribution in [-0.2, 0) is 16.1 Å². The molecule has 3 rings (SSSR count). The van der Waals surface area contributed by atoms with Gasteiger partial charge >= 0.3 is 5.97 Å². The molecule has 1 fully saturated rings. The molecule has 0 atom stereocenters. The molecule has 1 heterocycles. The minimum absolute atomic E-state index is 0.0991. The number of ether oxygens (including phenoxy) is 2. The van der Waals surface area contributed by atoms with Gasteiger partial charge in [-0.25, -0.2) is 9.18 Å². The summed E-state index contributed by atoms with van der Waals surface area (Å²) >= 11 is 0. The van der Waals surface area contributed by atoms with Crippen molar-refractivity contribution in [3.63, 3.8) is 0 Å². The average molecular weight is 389 g/mol. The number of amides is 1. The molecule has 1 aromatic heterocycles. The van der Waals surface area contributed by atoms with E-state index in [0.717, 1.165) is 19.3 Å². The maximum absolute atomic E-state index is 12.9. The third-order valence-electron chi connectivity index (χ3n) is 4.81. The van der Waals surface area contributed by atoms with Crippen molar-refractivity contribution in [2.24, 2.45) is 0 Å². The number of nitrogens with one attached hydrogen (secondary N) is 1. The first-order valence-electron chi connectivity index (χ1n) is 9.49. The number of furan rings is 1. The number of hydrogen-bond donors (Lipinski definition) is 1. The molecule has 0 unspecified atom stereocenters. The van der Waals surface area contributed by atoms with Crippen LogP contribution in [0.2, 0.25) is 0 Å². The predicted molar refractivity (Wildman–Crippen MR) is 99.4 cm³/mol. The highest BCUT2D eigenvalue weighted by Gasteiger charge is 2.42. The van der Waals surface area contributed by atoms with Crippen LogP contribution in [0.5, 0.6) is 5.75 Å². The van der Waals surface area contributed by atoms with Crippen molar-refractivity contribution < 1.29 is 27.9 Å². The van der Waals surface area contributed by atoms with Crippen molar-refractivity contribution in [2.75, 3.05) is 6.61 Å². The summed E-state index contributed by atoms with van der Waals surface area (Å²) in [7, 11) is 0. The van der Waals surface area contributed by atoms with Gasteiger partial charge in [-0.1, -0.05) is 19.3 Å². The van der Waals surface area contributed by atoms with Crippen LogP contribution < -0.4 is 10.1 Å². The number of carbonyl (C=O) groups is 2. The maximum Gasteiger partial charge on any atom is 0.331 e. The van der Waals surface area contributed by atoms with Crippen LogP contribution in [0.25, 0.3) is 0 Å². The largest absolute Gasteiger partial charge is 0.486 e. The summed E-state index contributed by atoms with van der Waals surface area (Å²) in [6.45, 7) is 2.11. The van der Waals surface area contributed by atoms with Gasteiger partial charge in [0.05, 0.1) is 6.61 Å². The van der Waals surface area contributed by atoms with E-state index in [1.54, 1.807) is 19.1 Å². The predicted octanol–water partition coefficient (Wildman–Crippen LogP) is 3.99. The Bertz CT molecular complexity index is 808. The standard InChI is InChI=1S/C21H24FNO5/c1-2-26-20(25)21(12-4-3-5-13-21)23-19(24)18-11-10-17(28-18)14-27-16-8-6-15(22)7-9-16/h6-11H,2-5,12-14H2,1H3,(H,23,24). The minimum Gasteiger partial charge on any atom is -0.486 e. The van der Waals surface area contributed by atoms with E-state index in [-0.39, 0.29) is 24.8 Å². The van der Waals surface area contributed by atoms with Crippen LogP contribution in [-0.4, -0.2) is 24.0 Å². The van der Waals surface area contributed by atoms with Gasteiger partial charge in [0.2, 0.25) is 0 Å². The number of halogens is 1. The second kappa shape index (κ2) is 8.91. The summed E-state index contributed by atoms with van der Waals surface area (Å²) in [5, 5.41) is 2.84. The Morgan fingerprint density at radius 3 is 2.50 bits per heavy atom. The van der Waals surface area contributed by atoms with E-state index < -0.39 is 17.4 Å². The normalized spacial score (nSPS) is 15.6. The lowest BCUT2D eigenvalue weighted by atomic mass is 9.81. The highest BCUT2D eigenvalue weighted by Crippen LogP contribution is 2.30. The van der Waals surface area contributed by atoms with Gasteiger partial charge in [-0.05, 0) is 56.2 Å². The van der Waals surface area contributed by atoms with Crippen molar-refractivity contribution in [1.29, 1.82) is 0 Å². The lowest BCUT2D eigenvalue weighted by Crippen LogP contribution is -2.56. The molecule has 0 aliphatic heterocycles. The summed E-state index contributed by atoms with van der Waals surface area (Å²) in [5.74, 6) is -0.150. The molecule has 28 heavy (non-hydrogen) atoms. The topological polar surface area (TPSA) is 77.8 Å². The maximum atomic E-state index is 12.9. The zero-order valence-electron chi connectivity index (χ0n) is 15.8. The fraction of sp³-hybridized carbons (Fsp3) is 0.429. The third kappa shape index (κ3) is 4.71. The van der Waals surface area contributed by atoms with E-state index in [9.17, 15) is 14.0 Å². The molecular weight excluding hydrogens is 365 g/mol. The van der Waals surface area contributed by atoms with Gasteiger partial charge in [-0.15, -0.1) is 0 Å². The Kier molecular flexibility index (Phi) is 6.34. The molecule has 6 nitrogen and oxygen atoms in total. The van der Waals surface area contributed by atoms with Crippen LogP contribution in [0.3, 0.4) is 0 Å². The second-order valence-electron chi connectivity index (χ2n) is 6.83. The lowest BCUT2D eigenvalue weighted by Gasteiger charge is -2.35. The Morgan fingerprint density at radius 1 is 1.11 bits per heavy atom. The zero-order chi connectivity index (χ0) is 20.0. The molecule has 1 saturated carbocycles. The van der Waals surface area contributed by atoms with Gasteiger partial charge in [0, 0.05) is 0 Å². The highest BCUT2D eigenvalue weighted by atomic mass is 19.1. The minimum atomic E-state index is -0.997. The lowest BCUT2D eigenvalue weighted by molar-refractivity contribution is -0.152. The molecule has 0 spiro atoms. The van der Waals surface area contributed by atoms with Crippen molar-refractivity contribution in [2.45, 2.75) is 51.2 Å². The molecule has 1 aliphatic carbocycles. The van der Waals surface area contributed by atoms with E-state index >= 15 is 0 Å². The fourth-order valence-electron chi connectivity index (χ4n) is 3.35. The van der Waals surface area contributed by atoms with Crippen LogP contribution in [0.1, 0.15) is 55.3 Å². The van der Waals surface area contributed by atoms with Gasteiger partial charge < -0.3 is 19.2 Å². The molecule has 0 radical (unpaired) electrons. The van der Waals surface area contributed by atoms with Gasteiger partial charge in [-0.2, -0.15) is 0 Å². The van der Waals surface area contributed by atoms with Crippen LogP contribution in [0, 0.1) is 5.82 Å². The number of hydrogen-bond acceptors (Lipinski definition) is 5. The quantitative estimate of drug-likeness (QED) is 0.725. The SMILES string of the molecule is CCOC(=O)C1(NC(=O)c2ccc(COc3ccc(F)cc3)o2)CCCCC1. The van der Waals surface area contributed by atoms with E-state index in [0.29, 0.717) is 24.4 Å². The molecule has 1 N–H and O–H groups in total. The Hall–Kier alpha value is -2.83. The summed E-state index contributed by atoms with van der Waals surface area (Å²) in [6.07, 6.45) is 3.85. The highest BCUT2D eigenvalue weighted by molar-refractivity contribution is 5.96. The fourth-order valence-corrected chi connectivity index (χ4v) is 3.35. The van der Waals surface area contributed by atoms with Gasteiger partial charge in [0.1, 0.15) is 29.5 Å². The summed E-state index contributed by atoms with van der Waals surface area (Å²) in [6, 6.07) is 8.80. The molecule has 1 aliphatic rings. The van der Waals surface area contributed by atoms with Gasteiger partial charge in [-0.3, -0.25) is 4.79 Å². The smallest absolute Gasteiger partial charge is 0.331 e. The first-order chi connectivity index (χ1) is 13.5. The van der Waals surface area contributed by atoms with Crippen molar-refractivity contribution in [1.82, 2.24) is 5.32 Å². The zero-order valence-corrected chi connectivity index (χ0v) is 15.8. The Labute approximate surface area is 163 Å². The summed E-state index contributed by atoms with van der Waals surface area (Å²) < 4.78 is 29.2. The molecule has 1 amide bonds. The van der Waals surface area contributed by atoms with E-state index in [1.807, 2.05) is 0 Å². The first kappa shape index (κ1) is 19.9.